The number of carbonyl (C=O) groups excluding carboxylic acids is 2. The Morgan fingerprint density at radius 2 is 2.05 bits per heavy atom. The third-order valence-corrected chi connectivity index (χ3v) is 3.77. The van der Waals surface area contributed by atoms with E-state index in [0.29, 0.717) is 35.7 Å². The lowest BCUT2D eigenvalue weighted by atomic mass is 9.93. The molecule has 1 fully saturated rings. The molecule has 0 saturated carbocycles. The Bertz CT molecular complexity index is 485. The van der Waals surface area contributed by atoms with Crippen molar-refractivity contribution in [2.45, 2.75) is 19.3 Å². The molecule has 0 aromatic carbocycles. The van der Waals surface area contributed by atoms with Crippen LogP contribution in [0.25, 0.3) is 0 Å². The number of primary amides is 1. The lowest BCUT2D eigenvalue weighted by molar-refractivity contribution is -0.119. The minimum atomic E-state index is -0.265. The van der Waals surface area contributed by atoms with Crippen molar-refractivity contribution >= 4 is 27.7 Å². The van der Waals surface area contributed by atoms with Gasteiger partial charge in [-0.1, -0.05) is 6.07 Å². The van der Waals surface area contributed by atoms with Crippen LogP contribution in [0.1, 0.15) is 29.8 Å². The lowest BCUT2D eigenvalue weighted by Gasteiger charge is -2.31. The molecule has 0 radical (unpaired) electrons. The van der Waals surface area contributed by atoms with Crippen LogP contribution >= 0.6 is 15.9 Å². The standard InChI is InChI=1S/C13H16BrN3O2/c14-11-3-1-2-10(16-11)13(19)17-6-4-9(5-7-17)8-12(15)18/h1-3,9H,4-8H2,(H2,15,18). The van der Waals surface area contributed by atoms with E-state index in [0.717, 1.165) is 12.8 Å². The normalized spacial score (nSPS) is 16.4. The molecule has 0 atom stereocenters. The summed E-state index contributed by atoms with van der Waals surface area (Å²) in [6.45, 7) is 1.32. The number of nitrogens with two attached hydrogens (primary N) is 1. The molecule has 1 aromatic heterocycles. The summed E-state index contributed by atoms with van der Waals surface area (Å²) in [7, 11) is 0. The van der Waals surface area contributed by atoms with Crippen LogP contribution in [0.3, 0.4) is 0 Å². The average Bonchev–Trinajstić information content (AvgIpc) is 2.38. The van der Waals surface area contributed by atoms with E-state index in [2.05, 4.69) is 20.9 Å². The fraction of sp³-hybridized carbons (Fsp3) is 0.462. The number of hydrogen-bond acceptors (Lipinski definition) is 3. The topological polar surface area (TPSA) is 76.3 Å². The molecule has 1 aromatic rings. The Kier molecular flexibility index (Phi) is 4.52. The maximum Gasteiger partial charge on any atom is 0.272 e. The number of amides is 2. The van der Waals surface area contributed by atoms with Crippen LogP contribution in [-0.2, 0) is 4.79 Å². The van der Waals surface area contributed by atoms with Gasteiger partial charge in [0.25, 0.3) is 5.91 Å². The van der Waals surface area contributed by atoms with E-state index in [4.69, 9.17) is 5.73 Å². The van der Waals surface area contributed by atoms with Crippen LogP contribution in [0.4, 0.5) is 0 Å². The van der Waals surface area contributed by atoms with Crippen molar-refractivity contribution in [3.05, 3.63) is 28.5 Å². The summed E-state index contributed by atoms with van der Waals surface area (Å²) in [5, 5.41) is 0. The second kappa shape index (κ2) is 6.14. The highest BCUT2D eigenvalue weighted by Crippen LogP contribution is 2.21. The van der Waals surface area contributed by atoms with Crippen LogP contribution in [0.2, 0.25) is 0 Å². The van der Waals surface area contributed by atoms with Crippen molar-refractivity contribution < 1.29 is 9.59 Å². The maximum atomic E-state index is 12.2. The van der Waals surface area contributed by atoms with Gasteiger partial charge < -0.3 is 10.6 Å². The molecule has 102 valence electrons. The summed E-state index contributed by atoms with van der Waals surface area (Å²) in [6.07, 6.45) is 2.06. The first-order valence-electron chi connectivity index (χ1n) is 6.26. The number of halogens is 1. The monoisotopic (exact) mass is 325 g/mol. The van der Waals surface area contributed by atoms with Gasteiger partial charge in [-0.25, -0.2) is 4.98 Å². The number of piperidine rings is 1. The minimum Gasteiger partial charge on any atom is -0.370 e. The second-order valence-electron chi connectivity index (χ2n) is 4.75. The van der Waals surface area contributed by atoms with E-state index in [1.165, 1.54) is 0 Å². The molecular weight excluding hydrogens is 310 g/mol. The van der Waals surface area contributed by atoms with Gasteiger partial charge in [-0.2, -0.15) is 0 Å². The van der Waals surface area contributed by atoms with Gasteiger partial charge in [-0.15, -0.1) is 0 Å². The first-order chi connectivity index (χ1) is 9.06. The molecule has 0 spiro atoms. The molecule has 1 aliphatic rings. The fourth-order valence-corrected chi connectivity index (χ4v) is 2.66. The molecule has 2 N–H and O–H groups in total. The molecule has 19 heavy (non-hydrogen) atoms. The summed E-state index contributed by atoms with van der Waals surface area (Å²) < 4.78 is 0.655. The molecular formula is C13H16BrN3O2. The van der Waals surface area contributed by atoms with E-state index in [1.807, 2.05) is 0 Å². The quantitative estimate of drug-likeness (QED) is 0.857. The van der Waals surface area contributed by atoms with Crippen LogP contribution in [0.5, 0.6) is 0 Å². The molecule has 0 unspecified atom stereocenters. The number of rotatable bonds is 3. The predicted molar refractivity (Wildman–Crippen MR) is 74.4 cm³/mol. The second-order valence-corrected chi connectivity index (χ2v) is 5.56. The first kappa shape index (κ1) is 14.0. The van der Waals surface area contributed by atoms with Gasteiger partial charge in [0.15, 0.2) is 0 Å². The molecule has 0 bridgehead atoms. The minimum absolute atomic E-state index is 0.0566. The Balaban J connectivity index is 1.94. The third kappa shape index (κ3) is 3.76. The SMILES string of the molecule is NC(=O)CC1CCN(C(=O)c2cccc(Br)n2)CC1. The van der Waals surface area contributed by atoms with Gasteiger partial charge in [-0.3, -0.25) is 9.59 Å². The highest BCUT2D eigenvalue weighted by Gasteiger charge is 2.25. The lowest BCUT2D eigenvalue weighted by Crippen LogP contribution is -2.39. The van der Waals surface area contributed by atoms with Crippen molar-refractivity contribution in [2.75, 3.05) is 13.1 Å². The van der Waals surface area contributed by atoms with Gasteiger partial charge in [0.1, 0.15) is 10.3 Å². The van der Waals surface area contributed by atoms with Gasteiger partial charge in [0.05, 0.1) is 0 Å². The van der Waals surface area contributed by atoms with Gasteiger partial charge in [-0.05, 0) is 46.8 Å². The number of pyridine rings is 1. The smallest absolute Gasteiger partial charge is 0.272 e. The Labute approximate surface area is 120 Å². The van der Waals surface area contributed by atoms with Crippen LogP contribution in [-0.4, -0.2) is 34.8 Å². The Hall–Kier alpha value is -1.43. The molecule has 2 amide bonds. The zero-order valence-electron chi connectivity index (χ0n) is 10.5. The number of aromatic nitrogens is 1. The fourth-order valence-electron chi connectivity index (χ4n) is 2.31. The summed E-state index contributed by atoms with van der Waals surface area (Å²) >= 11 is 3.26. The Morgan fingerprint density at radius 3 is 2.63 bits per heavy atom. The van der Waals surface area contributed by atoms with Crippen molar-refractivity contribution in [3.63, 3.8) is 0 Å². The molecule has 5 nitrogen and oxygen atoms in total. The maximum absolute atomic E-state index is 12.2. The van der Waals surface area contributed by atoms with E-state index < -0.39 is 0 Å². The number of likely N-dealkylation sites (tertiary alicyclic amines) is 1. The van der Waals surface area contributed by atoms with E-state index in [9.17, 15) is 9.59 Å². The summed E-state index contributed by atoms with van der Waals surface area (Å²) in [4.78, 5) is 29.1. The molecule has 1 aliphatic heterocycles. The van der Waals surface area contributed by atoms with Gasteiger partial charge >= 0.3 is 0 Å². The summed E-state index contributed by atoms with van der Waals surface area (Å²) in [5.41, 5.74) is 5.64. The van der Waals surface area contributed by atoms with E-state index in [-0.39, 0.29) is 11.8 Å². The largest absolute Gasteiger partial charge is 0.370 e. The molecule has 0 aliphatic carbocycles. The highest BCUT2D eigenvalue weighted by atomic mass is 79.9. The van der Waals surface area contributed by atoms with Gasteiger partial charge in [0, 0.05) is 19.5 Å². The predicted octanol–water partition coefficient (Wildman–Crippen LogP) is 1.57. The zero-order valence-corrected chi connectivity index (χ0v) is 12.1. The van der Waals surface area contributed by atoms with Crippen molar-refractivity contribution in [1.82, 2.24) is 9.88 Å². The first-order valence-corrected chi connectivity index (χ1v) is 7.05. The van der Waals surface area contributed by atoms with Crippen molar-refractivity contribution in [3.8, 4) is 0 Å². The van der Waals surface area contributed by atoms with Crippen LogP contribution in [0.15, 0.2) is 22.8 Å². The third-order valence-electron chi connectivity index (χ3n) is 3.33. The van der Waals surface area contributed by atoms with Crippen LogP contribution < -0.4 is 5.73 Å². The molecule has 1 saturated heterocycles. The van der Waals surface area contributed by atoms with Crippen molar-refractivity contribution in [1.29, 1.82) is 0 Å². The van der Waals surface area contributed by atoms with Crippen molar-refractivity contribution in [2.24, 2.45) is 11.7 Å². The van der Waals surface area contributed by atoms with Gasteiger partial charge in [0.2, 0.25) is 5.91 Å². The molecule has 2 heterocycles. The average molecular weight is 326 g/mol. The molecule has 6 heteroatoms. The number of carbonyl (C=O) groups is 2. The number of nitrogens with zero attached hydrogens (tertiary/aromatic N) is 2. The molecule has 2 rings (SSSR count). The highest BCUT2D eigenvalue weighted by molar-refractivity contribution is 9.10. The van der Waals surface area contributed by atoms with E-state index >= 15 is 0 Å². The summed E-state index contributed by atoms with van der Waals surface area (Å²) in [6, 6.07) is 5.29. The zero-order chi connectivity index (χ0) is 13.8. The Morgan fingerprint density at radius 1 is 1.37 bits per heavy atom. The van der Waals surface area contributed by atoms with E-state index in [1.54, 1.807) is 23.1 Å². The summed E-state index contributed by atoms with van der Waals surface area (Å²) in [5.74, 6) is -0.0192. The van der Waals surface area contributed by atoms with Crippen LogP contribution in [0, 0.1) is 5.92 Å². The number of hydrogen-bond donors (Lipinski definition) is 1.